The van der Waals surface area contributed by atoms with Gasteiger partial charge in [-0.1, -0.05) is 18.2 Å². The molecule has 0 spiro atoms. The fraction of sp³-hybridized carbons (Fsp3) is 0.435. The van der Waals surface area contributed by atoms with Crippen molar-refractivity contribution >= 4 is 23.0 Å². The van der Waals surface area contributed by atoms with E-state index in [1.165, 1.54) is 0 Å². The minimum atomic E-state index is 0.0938. The van der Waals surface area contributed by atoms with Gasteiger partial charge in [0.1, 0.15) is 0 Å². The zero-order valence-electron chi connectivity index (χ0n) is 17.3. The maximum atomic E-state index is 13.1. The van der Waals surface area contributed by atoms with Gasteiger partial charge in [0.05, 0.1) is 18.8 Å². The van der Waals surface area contributed by atoms with Gasteiger partial charge in [-0.25, -0.2) is 0 Å². The summed E-state index contributed by atoms with van der Waals surface area (Å²) in [5.41, 5.74) is 2.97. The van der Waals surface area contributed by atoms with Gasteiger partial charge in [-0.2, -0.15) is 0 Å². The number of anilines is 3. The van der Waals surface area contributed by atoms with Gasteiger partial charge in [0.15, 0.2) is 0 Å². The molecule has 1 aliphatic rings. The first-order chi connectivity index (χ1) is 13.4. The topological polar surface area (TPSA) is 44.8 Å². The maximum Gasteiger partial charge on any atom is 0.241 e. The molecule has 1 N–H and O–H groups in total. The smallest absolute Gasteiger partial charge is 0.241 e. The highest BCUT2D eigenvalue weighted by Gasteiger charge is 2.27. The number of carbonyl (C=O) groups excluding carboxylic acids is 1. The largest absolute Gasteiger partial charge is 0.373 e. The van der Waals surface area contributed by atoms with Crippen LogP contribution in [0.1, 0.15) is 27.7 Å². The molecule has 28 heavy (non-hydrogen) atoms. The van der Waals surface area contributed by atoms with E-state index in [0.29, 0.717) is 6.54 Å². The lowest BCUT2D eigenvalue weighted by atomic mass is 10.2. The van der Waals surface area contributed by atoms with Gasteiger partial charge in [0.2, 0.25) is 5.91 Å². The van der Waals surface area contributed by atoms with E-state index in [0.717, 1.165) is 30.2 Å². The molecule has 2 aromatic rings. The first-order valence-corrected chi connectivity index (χ1v) is 10.0. The van der Waals surface area contributed by atoms with E-state index in [-0.39, 0.29) is 24.2 Å². The third kappa shape index (κ3) is 5.33. The van der Waals surface area contributed by atoms with Crippen LogP contribution in [0, 0.1) is 0 Å². The Morgan fingerprint density at radius 3 is 2.18 bits per heavy atom. The lowest BCUT2D eigenvalue weighted by Crippen LogP contribution is -2.51. The number of carbonyl (C=O) groups is 1. The van der Waals surface area contributed by atoms with Crippen molar-refractivity contribution in [1.82, 2.24) is 4.90 Å². The summed E-state index contributed by atoms with van der Waals surface area (Å²) in [5, 5.41) is 3.38. The molecule has 1 amide bonds. The number of rotatable bonds is 6. The Bertz CT molecular complexity index is 751. The Hall–Kier alpha value is -2.37. The van der Waals surface area contributed by atoms with E-state index < -0.39 is 0 Å². The van der Waals surface area contributed by atoms with Crippen LogP contribution in [0.3, 0.4) is 0 Å². The summed E-state index contributed by atoms with van der Waals surface area (Å²) in [6.45, 7) is 10.2. The number of amides is 1. The lowest BCUT2D eigenvalue weighted by Gasteiger charge is -2.36. The quantitative estimate of drug-likeness (QED) is 0.811. The van der Waals surface area contributed by atoms with Crippen LogP contribution in [0.15, 0.2) is 54.6 Å². The molecule has 5 nitrogen and oxygen atoms in total. The van der Waals surface area contributed by atoms with Crippen molar-refractivity contribution in [2.45, 2.75) is 45.9 Å². The van der Waals surface area contributed by atoms with E-state index in [4.69, 9.17) is 4.74 Å². The second-order valence-corrected chi connectivity index (χ2v) is 7.85. The molecule has 1 heterocycles. The van der Waals surface area contributed by atoms with Gasteiger partial charge in [0.25, 0.3) is 0 Å². The van der Waals surface area contributed by atoms with Crippen molar-refractivity contribution in [2.24, 2.45) is 0 Å². The number of nitrogens with one attached hydrogen (secondary N) is 1. The molecule has 0 bridgehead atoms. The molecule has 1 saturated heterocycles. The highest BCUT2D eigenvalue weighted by molar-refractivity contribution is 5.95. The van der Waals surface area contributed by atoms with E-state index in [2.05, 4.69) is 37.9 Å². The Labute approximate surface area is 168 Å². The van der Waals surface area contributed by atoms with Crippen molar-refractivity contribution in [3.63, 3.8) is 0 Å². The molecule has 2 aromatic carbocycles. The van der Waals surface area contributed by atoms with Crippen LogP contribution >= 0.6 is 0 Å². The summed E-state index contributed by atoms with van der Waals surface area (Å²) in [5.74, 6) is 0.125. The van der Waals surface area contributed by atoms with Crippen molar-refractivity contribution in [1.29, 1.82) is 0 Å². The minimum Gasteiger partial charge on any atom is -0.373 e. The van der Waals surface area contributed by atoms with Crippen LogP contribution in [-0.4, -0.2) is 48.7 Å². The van der Waals surface area contributed by atoms with E-state index in [1.807, 2.05) is 59.5 Å². The van der Waals surface area contributed by atoms with Gasteiger partial charge in [0, 0.05) is 36.2 Å². The first kappa shape index (κ1) is 20.4. The summed E-state index contributed by atoms with van der Waals surface area (Å²) < 4.78 is 5.78. The average Bonchev–Trinajstić information content (AvgIpc) is 2.63. The van der Waals surface area contributed by atoms with E-state index >= 15 is 0 Å². The van der Waals surface area contributed by atoms with Crippen LogP contribution in [0.4, 0.5) is 17.1 Å². The Morgan fingerprint density at radius 1 is 1.04 bits per heavy atom. The molecule has 0 aliphatic carbocycles. The molecular weight excluding hydrogens is 350 g/mol. The lowest BCUT2D eigenvalue weighted by molar-refractivity contribution is -0.123. The molecule has 3 rings (SSSR count). The summed E-state index contributed by atoms with van der Waals surface area (Å²) in [4.78, 5) is 17.2. The Balaban J connectivity index is 1.68. The third-order valence-corrected chi connectivity index (χ3v) is 4.85. The maximum absolute atomic E-state index is 13.1. The van der Waals surface area contributed by atoms with Crippen molar-refractivity contribution in [3.8, 4) is 0 Å². The van der Waals surface area contributed by atoms with Crippen LogP contribution in [0.25, 0.3) is 0 Å². The zero-order chi connectivity index (χ0) is 20.1. The molecule has 5 heteroatoms. The molecule has 0 saturated carbocycles. The number of nitrogens with zero attached hydrogens (tertiary/aromatic N) is 2. The normalized spacial score (nSPS) is 20.2. The summed E-state index contributed by atoms with van der Waals surface area (Å²) in [6.07, 6.45) is 0.319. The molecule has 1 fully saturated rings. The number of hydrogen-bond acceptors (Lipinski definition) is 4. The van der Waals surface area contributed by atoms with Crippen LogP contribution in [0.2, 0.25) is 0 Å². The second-order valence-electron chi connectivity index (χ2n) is 7.85. The molecule has 150 valence electrons. The standard InChI is InChI=1S/C23H31N3O2/c1-17(2)26(23(27)16-25-14-18(3)28-19(4)15-25)22-12-10-21(11-13-22)24-20-8-6-5-7-9-20/h5-13,17-19,24H,14-16H2,1-4H3/t18-,19-/m1/s1. The summed E-state index contributed by atoms with van der Waals surface area (Å²) in [7, 11) is 0. The van der Waals surface area contributed by atoms with Crippen molar-refractivity contribution in [3.05, 3.63) is 54.6 Å². The van der Waals surface area contributed by atoms with Crippen LogP contribution in [0.5, 0.6) is 0 Å². The number of hydrogen-bond donors (Lipinski definition) is 1. The third-order valence-electron chi connectivity index (χ3n) is 4.85. The molecule has 0 aromatic heterocycles. The number of benzene rings is 2. The number of para-hydroxylation sites is 1. The predicted octanol–water partition coefficient (Wildman–Crippen LogP) is 4.28. The van der Waals surface area contributed by atoms with Crippen LogP contribution < -0.4 is 10.2 Å². The number of ether oxygens (including phenoxy) is 1. The SMILES string of the molecule is CC(C)N(C(=O)CN1C[C@@H](C)O[C@H](C)C1)c1ccc(Nc2ccccc2)cc1. The molecule has 0 radical (unpaired) electrons. The fourth-order valence-electron chi connectivity index (χ4n) is 3.80. The first-order valence-electron chi connectivity index (χ1n) is 10.0. The summed E-state index contributed by atoms with van der Waals surface area (Å²) in [6, 6.07) is 18.2. The van der Waals surface area contributed by atoms with Gasteiger partial charge >= 0.3 is 0 Å². The van der Waals surface area contributed by atoms with E-state index in [1.54, 1.807) is 0 Å². The second kappa shape index (κ2) is 9.22. The fourth-order valence-corrected chi connectivity index (χ4v) is 3.80. The monoisotopic (exact) mass is 381 g/mol. The molecule has 1 aliphatic heterocycles. The zero-order valence-corrected chi connectivity index (χ0v) is 17.3. The average molecular weight is 382 g/mol. The van der Waals surface area contributed by atoms with Gasteiger partial charge in [-0.3, -0.25) is 9.69 Å². The highest BCUT2D eigenvalue weighted by Crippen LogP contribution is 2.23. The molecular formula is C23H31N3O2. The Kier molecular flexibility index (Phi) is 6.70. The van der Waals surface area contributed by atoms with Gasteiger partial charge in [-0.15, -0.1) is 0 Å². The van der Waals surface area contributed by atoms with Crippen molar-refractivity contribution in [2.75, 3.05) is 29.9 Å². The molecule has 2 atom stereocenters. The van der Waals surface area contributed by atoms with Crippen molar-refractivity contribution < 1.29 is 9.53 Å². The number of morpholine rings is 1. The summed E-state index contributed by atoms with van der Waals surface area (Å²) >= 11 is 0. The van der Waals surface area contributed by atoms with Crippen LogP contribution in [-0.2, 0) is 9.53 Å². The van der Waals surface area contributed by atoms with E-state index in [9.17, 15) is 4.79 Å². The Morgan fingerprint density at radius 2 is 1.61 bits per heavy atom. The van der Waals surface area contributed by atoms with Gasteiger partial charge < -0.3 is 15.0 Å². The molecule has 0 unspecified atom stereocenters. The predicted molar refractivity (Wildman–Crippen MR) is 115 cm³/mol. The minimum absolute atomic E-state index is 0.0938. The highest BCUT2D eigenvalue weighted by atomic mass is 16.5. The van der Waals surface area contributed by atoms with Gasteiger partial charge in [-0.05, 0) is 64.1 Å².